The molecule has 1 heterocycles. The van der Waals surface area contributed by atoms with Crippen LogP contribution in [0.3, 0.4) is 0 Å². The molecule has 0 saturated carbocycles. The smallest absolute Gasteiger partial charge is 0.260 e. The maximum atomic E-state index is 12.3. The van der Waals surface area contributed by atoms with Crippen molar-refractivity contribution in [1.29, 1.82) is 0 Å². The Bertz CT molecular complexity index is 534. The van der Waals surface area contributed by atoms with Gasteiger partial charge in [-0.3, -0.25) is 4.79 Å². The van der Waals surface area contributed by atoms with E-state index < -0.39 is 6.10 Å². The van der Waals surface area contributed by atoms with Gasteiger partial charge in [-0.15, -0.1) is 0 Å². The van der Waals surface area contributed by atoms with Crippen LogP contribution in [0.2, 0.25) is 0 Å². The fourth-order valence-electron chi connectivity index (χ4n) is 2.92. The lowest BCUT2D eigenvalue weighted by atomic mass is 10.0. The lowest BCUT2D eigenvalue weighted by Crippen LogP contribution is -2.49. The van der Waals surface area contributed by atoms with Crippen LogP contribution >= 0.6 is 0 Å². The summed E-state index contributed by atoms with van der Waals surface area (Å²) in [6, 6.07) is 6.78. The number of benzene rings is 1. The molecule has 1 N–H and O–H groups in total. The Morgan fingerprint density at radius 3 is 2.39 bits per heavy atom. The molecule has 0 spiro atoms. The number of rotatable bonds is 5. The second-order valence-corrected chi connectivity index (χ2v) is 6.92. The van der Waals surface area contributed by atoms with Crippen LogP contribution in [0, 0.1) is 13.8 Å². The van der Waals surface area contributed by atoms with E-state index in [0.29, 0.717) is 6.04 Å². The lowest BCUT2D eigenvalue weighted by Gasteiger charge is -2.35. The third-order valence-corrected chi connectivity index (χ3v) is 4.77. The van der Waals surface area contributed by atoms with E-state index in [1.807, 2.05) is 25.1 Å². The van der Waals surface area contributed by atoms with E-state index in [2.05, 4.69) is 37.9 Å². The van der Waals surface area contributed by atoms with E-state index in [0.717, 1.165) is 31.7 Å². The normalized spacial score (nSPS) is 18.0. The number of ether oxygens (including phenoxy) is 1. The molecule has 128 valence electrons. The quantitative estimate of drug-likeness (QED) is 0.907. The predicted octanol–water partition coefficient (Wildman–Crippen LogP) is 3.06. The Labute approximate surface area is 140 Å². The van der Waals surface area contributed by atoms with Gasteiger partial charge in [0.2, 0.25) is 0 Å². The molecule has 1 aromatic rings. The molecule has 0 aliphatic carbocycles. The van der Waals surface area contributed by atoms with Crippen molar-refractivity contribution in [2.45, 2.75) is 65.6 Å². The number of piperidine rings is 1. The molecule has 1 unspecified atom stereocenters. The van der Waals surface area contributed by atoms with Crippen LogP contribution in [-0.2, 0) is 4.79 Å². The minimum atomic E-state index is -0.472. The zero-order chi connectivity index (χ0) is 17.0. The van der Waals surface area contributed by atoms with Crippen LogP contribution in [0.4, 0.5) is 0 Å². The van der Waals surface area contributed by atoms with Crippen molar-refractivity contribution in [3.05, 3.63) is 29.3 Å². The molecular weight excluding hydrogens is 288 g/mol. The van der Waals surface area contributed by atoms with Crippen LogP contribution in [0.25, 0.3) is 0 Å². The maximum absolute atomic E-state index is 12.3. The van der Waals surface area contributed by atoms with Crippen LogP contribution in [0.15, 0.2) is 18.2 Å². The molecule has 1 aromatic carbocycles. The summed E-state index contributed by atoms with van der Waals surface area (Å²) >= 11 is 0. The number of carbonyl (C=O) groups is 1. The van der Waals surface area contributed by atoms with E-state index in [1.54, 1.807) is 0 Å². The number of nitrogens with one attached hydrogen (secondary N) is 1. The molecule has 1 fully saturated rings. The summed E-state index contributed by atoms with van der Waals surface area (Å²) in [5, 5.41) is 3.13. The molecule has 1 atom stereocenters. The van der Waals surface area contributed by atoms with Gasteiger partial charge >= 0.3 is 0 Å². The van der Waals surface area contributed by atoms with Gasteiger partial charge in [0.25, 0.3) is 5.91 Å². The molecule has 2 rings (SSSR count). The average molecular weight is 318 g/mol. The molecule has 4 nitrogen and oxygen atoms in total. The fourth-order valence-corrected chi connectivity index (χ4v) is 2.92. The van der Waals surface area contributed by atoms with Gasteiger partial charge in [-0.05, 0) is 70.7 Å². The van der Waals surface area contributed by atoms with Gasteiger partial charge in [0, 0.05) is 25.2 Å². The number of carbonyl (C=O) groups excluding carboxylic acids is 1. The number of hydrogen-bond donors (Lipinski definition) is 1. The zero-order valence-electron chi connectivity index (χ0n) is 15.1. The minimum Gasteiger partial charge on any atom is -0.481 e. The Balaban J connectivity index is 1.82. The highest BCUT2D eigenvalue weighted by Crippen LogP contribution is 2.18. The summed E-state index contributed by atoms with van der Waals surface area (Å²) in [5.74, 6) is 0.733. The minimum absolute atomic E-state index is 0.0220. The maximum Gasteiger partial charge on any atom is 0.260 e. The monoisotopic (exact) mass is 318 g/mol. The molecular formula is C19H30N2O2. The van der Waals surface area contributed by atoms with Crippen molar-refractivity contribution in [2.75, 3.05) is 13.1 Å². The number of hydrogen-bond acceptors (Lipinski definition) is 3. The lowest BCUT2D eigenvalue weighted by molar-refractivity contribution is -0.128. The van der Waals surface area contributed by atoms with Crippen LogP contribution < -0.4 is 10.1 Å². The molecule has 23 heavy (non-hydrogen) atoms. The van der Waals surface area contributed by atoms with Crippen molar-refractivity contribution < 1.29 is 9.53 Å². The topological polar surface area (TPSA) is 41.6 Å². The third kappa shape index (κ3) is 4.96. The second-order valence-electron chi connectivity index (χ2n) is 6.92. The van der Waals surface area contributed by atoms with Gasteiger partial charge in [0.05, 0.1) is 0 Å². The molecule has 1 amide bonds. The third-order valence-electron chi connectivity index (χ3n) is 4.77. The number of amides is 1. The summed E-state index contributed by atoms with van der Waals surface area (Å²) in [4.78, 5) is 14.8. The Hall–Kier alpha value is -1.55. The first kappa shape index (κ1) is 17.8. The van der Waals surface area contributed by atoms with E-state index in [9.17, 15) is 4.79 Å². The molecule has 1 saturated heterocycles. The highest BCUT2D eigenvalue weighted by atomic mass is 16.5. The summed E-state index contributed by atoms with van der Waals surface area (Å²) in [5.41, 5.74) is 2.41. The van der Waals surface area contributed by atoms with Gasteiger partial charge < -0.3 is 15.0 Å². The SMILES string of the molecule is Cc1ccc(OC(C)C(=O)NC2CCN(C(C)C)CC2)cc1C. The Morgan fingerprint density at radius 1 is 1.17 bits per heavy atom. The van der Waals surface area contributed by atoms with Crippen molar-refractivity contribution >= 4 is 5.91 Å². The van der Waals surface area contributed by atoms with Crippen molar-refractivity contribution in [3.63, 3.8) is 0 Å². The zero-order valence-corrected chi connectivity index (χ0v) is 15.1. The predicted molar refractivity (Wildman–Crippen MR) is 93.9 cm³/mol. The van der Waals surface area contributed by atoms with Crippen molar-refractivity contribution in [3.8, 4) is 5.75 Å². The average Bonchev–Trinajstić information content (AvgIpc) is 2.51. The van der Waals surface area contributed by atoms with E-state index in [1.165, 1.54) is 11.1 Å². The number of aryl methyl sites for hydroxylation is 2. The first-order valence-corrected chi connectivity index (χ1v) is 8.65. The largest absolute Gasteiger partial charge is 0.481 e. The first-order chi connectivity index (χ1) is 10.9. The molecule has 4 heteroatoms. The summed E-state index contributed by atoms with van der Waals surface area (Å²) in [7, 11) is 0. The molecule has 1 aliphatic rings. The summed E-state index contributed by atoms with van der Waals surface area (Å²) in [6.45, 7) is 12.5. The van der Waals surface area contributed by atoms with Gasteiger partial charge in [-0.25, -0.2) is 0 Å². The van der Waals surface area contributed by atoms with Crippen molar-refractivity contribution in [2.24, 2.45) is 0 Å². The molecule has 1 aliphatic heterocycles. The van der Waals surface area contributed by atoms with Crippen LogP contribution in [-0.4, -0.2) is 42.1 Å². The van der Waals surface area contributed by atoms with Gasteiger partial charge in [-0.1, -0.05) is 6.07 Å². The van der Waals surface area contributed by atoms with E-state index in [-0.39, 0.29) is 11.9 Å². The van der Waals surface area contributed by atoms with Crippen molar-refractivity contribution in [1.82, 2.24) is 10.2 Å². The van der Waals surface area contributed by atoms with Crippen LogP contribution in [0.1, 0.15) is 44.7 Å². The highest BCUT2D eigenvalue weighted by Gasteiger charge is 2.24. The first-order valence-electron chi connectivity index (χ1n) is 8.65. The standard InChI is InChI=1S/C19H30N2O2/c1-13(2)21-10-8-17(9-11-21)20-19(22)16(5)23-18-7-6-14(3)15(4)12-18/h6-7,12-13,16-17H,8-11H2,1-5H3,(H,20,22). The van der Waals surface area contributed by atoms with Gasteiger partial charge in [0.1, 0.15) is 5.75 Å². The van der Waals surface area contributed by atoms with Gasteiger partial charge in [0.15, 0.2) is 6.10 Å². The Morgan fingerprint density at radius 2 is 1.83 bits per heavy atom. The van der Waals surface area contributed by atoms with E-state index >= 15 is 0 Å². The van der Waals surface area contributed by atoms with E-state index in [4.69, 9.17) is 4.74 Å². The molecule has 0 aromatic heterocycles. The summed E-state index contributed by atoms with van der Waals surface area (Å²) < 4.78 is 5.79. The molecule has 0 bridgehead atoms. The summed E-state index contributed by atoms with van der Waals surface area (Å²) in [6.07, 6.45) is 1.56. The molecule has 0 radical (unpaired) electrons. The number of likely N-dealkylation sites (tertiary alicyclic amines) is 1. The van der Waals surface area contributed by atoms with Crippen LogP contribution in [0.5, 0.6) is 5.75 Å². The highest BCUT2D eigenvalue weighted by molar-refractivity contribution is 5.81. The number of nitrogens with zero attached hydrogens (tertiary/aromatic N) is 1. The Kier molecular flexibility index (Phi) is 6.05. The van der Waals surface area contributed by atoms with Gasteiger partial charge in [-0.2, -0.15) is 0 Å². The second kappa shape index (κ2) is 7.82. The fraction of sp³-hybridized carbons (Fsp3) is 0.632.